The van der Waals surface area contributed by atoms with Crippen molar-refractivity contribution in [2.24, 2.45) is 0 Å². The summed E-state index contributed by atoms with van der Waals surface area (Å²) >= 11 is 1.29. The first-order chi connectivity index (χ1) is 10.5. The maximum absolute atomic E-state index is 11.9. The van der Waals surface area contributed by atoms with Crippen molar-refractivity contribution in [2.45, 2.75) is 31.2 Å². The Morgan fingerprint density at radius 1 is 1.50 bits per heavy atom. The molecule has 0 aliphatic rings. The molecule has 0 saturated carbocycles. The number of thioether (sulfide) groups is 1. The number of terminal acetylenes is 1. The monoisotopic (exact) mass is 315 g/mol. The molecule has 0 saturated heterocycles. The summed E-state index contributed by atoms with van der Waals surface area (Å²) < 4.78 is 1.65. The van der Waals surface area contributed by atoms with Crippen LogP contribution in [0.3, 0.4) is 0 Å². The molecular formula is C15H17N5OS. The molecule has 2 aromatic rings. The van der Waals surface area contributed by atoms with Crippen molar-refractivity contribution in [3.05, 3.63) is 29.3 Å². The Labute approximate surface area is 133 Å². The maximum Gasteiger partial charge on any atom is 0.234 e. The number of rotatable bonds is 5. The summed E-state index contributed by atoms with van der Waals surface area (Å²) in [6.07, 6.45) is 5.14. The van der Waals surface area contributed by atoms with Gasteiger partial charge >= 0.3 is 0 Å². The normalized spacial score (nSPS) is 11.7. The molecular weight excluding hydrogens is 298 g/mol. The molecule has 0 fully saturated rings. The Bertz CT molecular complexity index is 719. The third kappa shape index (κ3) is 3.46. The Morgan fingerprint density at radius 3 is 3.00 bits per heavy atom. The van der Waals surface area contributed by atoms with Gasteiger partial charge in [0.1, 0.15) is 0 Å². The maximum atomic E-state index is 11.9. The Hall–Kier alpha value is -2.33. The Kier molecular flexibility index (Phi) is 5.17. The highest BCUT2D eigenvalue weighted by atomic mass is 32.2. The smallest absolute Gasteiger partial charge is 0.234 e. The molecule has 0 bridgehead atoms. The molecule has 2 rings (SSSR count). The number of nitrogens with one attached hydrogen (secondary N) is 1. The van der Waals surface area contributed by atoms with E-state index in [2.05, 4.69) is 26.8 Å². The molecule has 1 aromatic carbocycles. The van der Waals surface area contributed by atoms with Crippen LogP contribution in [-0.4, -0.2) is 37.9 Å². The number of nitrogens with zero attached hydrogens (tertiary/aromatic N) is 4. The van der Waals surface area contributed by atoms with E-state index in [1.165, 1.54) is 11.8 Å². The molecule has 0 aliphatic heterocycles. The minimum Gasteiger partial charge on any atom is -0.344 e. The van der Waals surface area contributed by atoms with Crippen LogP contribution in [0.25, 0.3) is 5.69 Å². The summed E-state index contributed by atoms with van der Waals surface area (Å²) in [7, 11) is 0. The van der Waals surface area contributed by atoms with E-state index in [1.54, 1.807) is 11.6 Å². The molecule has 1 unspecified atom stereocenters. The average molecular weight is 315 g/mol. The van der Waals surface area contributed by atoms with Crippen LogP contribution in [0.15, 0.2) is 23.4 Å². The van der Waals surface area contributed by atoms with E-state index in [0.717, 1.165) is 16.8 Å². The second kappa shape index (κ2) is 7.09. The molecule has 114 valence electrons. The summed E-state index contributed by atoms with van der Waals surface area (Å²) in [4.78, 5) is 11.9. The van der Waals surface area contributed by atoms with Crippen molar-refractivity contribution >= 4 is 17.7 Å². The Balaban J connectivity index is 2.22. The SMILES string of the molecule is C#CCNC(=O)C(C)Sc1nnnn1-c1cccc(C)c1C. The van der Waals surface area contributed by atoms with Gasteiger partial charge in [-0.15, -0.1) is 11.5 Å². The minimum absolute atomic E-state index is 0.140. The number of carbonyl (C=O) groups is 1. The predicted octanol–water partition coefficient (Wildman–Crippen LogP) is 1.51. The molecule has 1 aromatic heterocycles. The van der Waals surface area contributed by atoms with Crippen LogP contribution in [0.5, 0.6) is 0 Å². The lowest BCUT2D eigenvalue weighted by Gasteiger charge is -2.12. The number of aromatic nitrogens is 4. The van der Waals surface area contributed by atoms with E-state index in [0.29, 0.717) is 5.16 Å². The number of benzene rings is 1. The molecule has 1 amide bonds. The highest BCUT2D eigenvalue weighted by Gasteiger charge is 2.19. The van der Waals surface area contributed by atoms with Gasteiger partial charge in [0, 0.05) is 0 Å². The van der Waals surface area contributed by atoms with E-state index in [1.807, 2.05) is 32.0 Å². The van der Waals surface area contributed by atoms with Crippen molar-refractivity contribution < 1.29 is 4.79 Å². The highest BCUT2D eigenvalue weighted by Crippen LogP contribution is 2.25. The first kappa shape index (κ1) is 16.0. The van der Waals surface area contributed by atoms with Gasteiger partial charge in [0.2, 0.25) is 11.1 Å². The fourth-order valence-corrected chi connectivity index (χ4v) is 2.69. The number of hydrogen-bond donors (Lipinski definition) is 1. The average Bonchev–Trinajstić information content (AvgIpc) is 2.95. The summed E-state index contributed by atoms with van der Waals surface area (Å²) in [6, 6.07) is 5.94. The van der Waals surface area contributed by atoms with Crippen molar-refractivity contribution in [3.8, 4) is 18.0 Å². The second-order valence-electron chi connectivity index (χ2n) is 4.77. The third-order valence-corrected chi connectivity index (χ3v) is 4.29. The molecule has 1 heterocycles. The summed E-state index contributed by atoms with van der Waals surface area (Å²) in [5.74, 6) is 2.24. The molecule has 1 N–H and O–H groups in total. The molecule has 0 radical (unpaired) electrons. The zero-order valence-electron chi connectivity index (χ0n) is 12.7. The van der Waals surface area contributed by atoms with Crippen LogP contribution in [-0.2, 0) is 4.79 Å². The van der Waals surface area contributed by atoms with Gasteiger partial charge in [-0.3, -0.25) is 4.79 Å². The lowest BCUT2D eigenvalue weighted by atomic mass is 10.1. The molecule has 7 heteroatoms. The number of hydrogen-bond acceptors (Lipinski definition) is 5. The van der Waals surface area contributed by atoms with Gasteiger partial charge in [-0.2, -0.15) is 4.68 Å². The predicted molar refractivity (Wildman–Crippen MR) is 85.8 cm³/mol. The van der Waals surface area contributed by atoms with Gasteiger partial charge in [0.15, 0.2) is 0 Å². The van der Waals surface area contributed by atoms with Gasteiger partial charge < -0.3 is 5.32 Å². The topological polar surface area (TPSA) is 72.7 Å². The van der Waals surface area contributed by atoms with Crippen LogP contribution >= 0.6 is 11.8 Å². The molecule has 0 aliphatic carbocycles. The molecule has 1 atom stereocenters. The number of tetrazole rings is 1. The van der Waals surface area contributed by atoms with E-state index in [4.69, 9.17) is 6.42 Å². The fourth-order valence-electron chi connectivity index (χ4n) is 1.86. The van der Waals surface area contributed by atoms with E-state index in [-0.39, 0.29) is 17.7 Å². The zero-order chi connectivity index (χ0) is 16.1. The number of carbonyl (C=O) groups excluding carboxylic acids is 1. The van der Waals surface area contributed by atoms with Gasteiger partial charge in [-0.05, 0) is 48.4 Å². The number of aryl methyl sites for hydroxylation is 1. The first-order valence-electron chi connectivity index (χ1n) is 6.77. The van der Waals surface area contributed by atoms with Gasteiger partial charge in [-0.1, -0.05) is 29.8 Å². The van der Waals surface area contributed by atoms with Gasteiger partial charge in [0.05, 0.1) is 17.5 Å². The highest BCUT2D eigenvalue weighted by molar-refractivity contribution is 8.00. The van der Waals surface area contributed by atoms with Crippen LogP contribution in [0.2, 0.25) is 0 Å². The van der Waals surface area contributed by atoms with E-state index >= 15 is 0 Å². The summed E-state index contributed by atoms with van der Waals surface area (Å²) in [5, 5.41) is 14.6. The lowest BCUT2D eigenvalue weighted by molar-refractivity contribution is -0.120. The minimum atomic E-state index is -0.344. The van der Waals surface area contributed by atoms with Crippen LogP contribution in [0.1, 0.15) is 18.1 Å². The standard InChI is InChI=1S/C15H17N5OS/c1-5-9-16-14(21)12(4)22-15-17-18-19-20(15)13-8-6-7-10(2)11(13)3/h1,6-8,12H,9H2,2-4H3,(H,16,21). The lowest BCUT2D eigenvalue weighted by Crippen LogP contribution is -2.31. The van der Waals surface area contributed by atoms with E-state index < -0.39 is 0 Å². The zero-order valence-corrected chi connectivity index (χ0v) is 13.5. The van der Waals surface area contributed by atoms with E-state index in [9.17, 15) is 4.79 Å². The second-order valence-corrected chi connectivity index (χ2v) is 6.08. The van der Waals surface area contributed by atoms with Gasteiger partial charge in [-0.25, -0.2) is 0 Å². The molecule has 22 heavy (non-hydrogen) atoms. The third-order valence-electron chi connectivity index (χ3n) is 3.26. The van der Waals surface area contributed by atoms with Crippen molar-refractivity contribution in [2.75, 3.05) is 6.54 Å². The summed E-state index contributed by atoms with van der Waals surface area (Å²) in [5.41, 5.74) is 3.16. The molecule has 6 nitrogen and oxygen atoms in total. The Morgan fingerprint density at radius 2 is 2.27 bits per heavy atom. The van der Waals surface area contributed by atoms with Gasteiger partial charge in [0.25, 0.3) is 0 Å². The van der Waals surface area contributed by atoms with Crippen LogP contribution in [0, 0.1) is 26.2 Å². The number of amides is 1. The van der Waals surface area contributed by atoms with Crippen LogP contribution < -0.4 is 5.32 Å². The quantitative estimate of drug-likeness (QED) is 0.669. The van der Waals surface area contributed by atoms with Crippen LogP contribution in [0.4, 0.5) is 0 Å². The van der Waals surface area contributed by atoms with Crippen molar-refractivity contribution in [3.63, 3.8) is 0 Å². The van der Waals surface area contributed by atoms with Crippen molar-refractivity contribution in [1.82, 2.24) is 25.5 Å². The largest absolute Gasteiger partial charge is 0.344 e. The first-order valence-corrected chi connectivity index (χ1v) is 7.65. The molecule has 0 spiro atoms. The summed E-state index contributed by atoms with van der Waals surface area (Å²) in [6.45, 7) is 6.06. The van der Waals surface area contributed by atoms with Crippen molar-refractivity contribution in [1.29, 1.82) is 0 Å². The fraction of sp³-hybridized carbons (Fsp3) is 0.333.